The second-order valence-corrected chi connectivity index (χ2v) is 3.32. The molecule has 2 rings (SSSR count). The van der Waals surface area contributed by atoms with Crippen LogP contribution in [0, 0.1) is 0 Å². The first-order valence-electron chi connectivity index (χ1n) is 4.88. The number of benzene rings is 2. The molecule has 0 amide bonds. The molecule has 3 heteroatoms. The van der Waals surface area contributed by atoms with Crippen LogP contribution in [-0.4, -0.2) is 5.97 Å². The molecule has 80 valence electrons. The Morgan fingerprint density at radius 3 is 2.19 bits per heavy atom. The van der Waals surface area contributed by atoms with E-state index in [0.29, 0.717) is 17.0 Å². The fraction of sp³-hybridized carbons (Fsp3) is 0. The Kier molecular flexibility index (Phi) is 2.87. The molecule has 16 heavy (non-hydrogen) atoms. The van der Waals surface area contributed by atoms with Crippen LogP contribution in [0.25, 0.3) is 0 Å². The Morgan fingerprint density at radius 1 is 0.938 bits per heavy atom. The van der Waals surface area contributed by atoms with Gasteiger partial charge in [0.2, 0.25) is 0 Å². The third-order valence-corrected chi connectivity index (χ3v) is 2.10. The molecular weight excluding hydrogens is 202 g/mol. The monoisotopic (exact) mass is 213 g/mol. The van der Waals surface area contributed by atoms with E-state index in [-0.39, 0.29) is 5.97 Å². The standard InChI is InChI=1S/C13H11NO2/c14-11-6-8-12(9-7-11)16-13(15)10-4-2-1-3-5-10/h1-9H,14H2. The first-order chi connectivity index (χ1) is 7.75. The van der Waals surface area contributed by atoms with Gasteiger partial charge >= 0.3 is 5.97 Å². The zero-order valence-corrected chi connectivity index (χ0v) is 8.59. The lowest BCUT2D eigenvalue weighted by atomic mass is 10.2. The number of ether oxygens (including phenoxy) is 1. The predicted octanol–water partition coefficient (Wildman–Crippen LogP) is 2.49. The van der Waals surface area contributed by atoms with Gasteiger partial charge in [0.15, 0.2) is 0 Å². The Labute approximate surface area is 93.5 Å². The number of hydrogen-bond acceptors (Lipinski definition) is 3. The van der Waals surface area contributed by atoms with Gasteiger partial charge < -0.3 is 10.5 Å². The van der Waals surface area contributed by atoms with Crippen molar-refractivity contribution in [3.63, 3.8) is 0 Å². The highest BCUT2D eigenvalue weighted by molar-refractivity contribution is 5.90. The Balaban J connectivity index is 2.11. The number of nitrogens with two attached hydrogens (primary N) is 1. The van der Waals surface area contributed by atoms with E-state index < -0.39 is 0 Å². The number of carbonyl (C=O) groups excluding carboxylic acids is 1. The molecule has 3 nitrogen and oxygen atoms in total. The van der Waals surface area contributed by atoms with Gasteiger partial charge in [0.1, 0.15) is 5.75 Å². The summed E-state index contributed by atoms with van der Waals surface area (Å²) in [5, 5.41) is 0. The van der Waals surface area contributed by atoms with Gasteiger partial charge in [-0.2, -0.15) is 0 Å². The first kappa shape index (κ1) is 10.2. The number of rotatable bonds is 2. The molecular formula is C13H11NO2. The molecule has 0 bridgehead atoms. The van der Waals surface area contributed by atoms with Crippen molar-refractivity contribution in [2.75, 3.05) is 5.73 Å². The van der Waals surface area contributed by atoms with Gasteiger partial charge in [-0.1, -0.05) is 18.2 Å². The summed E-state index contributed by atoms with van der Waals surface area (Å²) < 4.78 is 5.16. The van der Waals surface area contributed by atoms with Crippen molar-refractivity contribution in [1.82, 2.24) is 0 Å². The Morgan fingerprint density at radius 2 is 1.56 bits per heavy atom. The van der Waals surface area contributed by atoms with Crippen molar-refractivity contribution < 1.29 is 9.53 Å². The molecule has 2 N–H and O–H groups in total. The molecule has 0 unspecified atom stereocenters. The van der Waals surface area contributed by atoms with E-state index in [4.69, 9.17) is 10.5 Å². The maximum Gasteiger partial charge on any atom is 0.343 e. The number of nitrogen functional groups attached to an aromatic ring is 1. The Hall–Kier alpha value is -2.29. The van der Waals surface area contributed by atoms with Gasteiger partial charge in [0, 0.05) is 5.69 Å². The fourth-order valence-electron chi connectivity index (χ4n) is 1.28. The van der Waals surface area contributed by atoms with E-state index in [1.165, 1.54) is 0 Å². The van der Waals surface area contributed by atoms with Crippen molar-refractivity contribution in [2.45, 2.75) is 0 Å². The quantitative estimate of drug-likeness (QED) is 0.473. The molecule has 0 radical (unpaired) electrons. The Bertz CT molecular complexity index is 477. The molecule has 0 spiro atoms. The van der Waals surface area contributed by atoms with Crippen molar-refractivity contribution in [2.24, 2.45) is 0 Å². The molecule has 0 aliphatic carbocycles. The van der Waals surface area contributed by atoms with E-state index in [9.17, 15) is 4.79 Å². The molecule has 0 atom stereocenters. The molecule has 0 aliphatic rings. The minimum Gasteiger partial charge on any atom is -0.423 e. The third-order valence-electron chi connectivity index (χ3n) is 2.10. The van der Waals surface area contributed by atoms with Crippen LogP contribution in [0.4, 0.5) is 5.69 Å². The normalized spacial score (nSPS) is 9.75. The van der Waals surface area contributed by atoms with Crippen LogP contribution in [0.1, 0.15) is 10.4 Å². The van der Waals surface area contributed by atoms with Gasteiger partial charge in [-0.3, -0.25) is 0 Å². The van der Waals surface area contributed by atoms with Crippen molar-refractivity contribution in [3.8, 4) is 5.75 Å². The largest absolute Gasteiger partial charge is 0.423 e. The highest BCUT2D eigenvalue weighted by atomic mass is 16.5. The molecule has 0 saturated heterocycles. The van der Waals surface area contributed by atoms with E-state index in [1.807, 2.05) is 6.07 Å². The van der Waals surface area contributed by atoms with Crippen LogP contribution in [0.3, 0.4) is 0 Å². The minimum atomic E-state index is -0.370. The lowest BCUT2D eigenvalue weighted by Crippen LogP contribution is -2.07. The van der Waals surface area contributed by atoms with Crippen LogP contribution in [0.5, 0.6) is 5.75 Å². The summed E-state index contributed by atoms with van der Waals surface area (Å²) in [6.07, 6.45) is 0. The van der Waals surface area contributed by atoms with Gasteiger partial charge in [-0.15, -0.1) is 0 Å². The lowest BCUT2D eigenvalue weighted by Gasteiger charge is -2.04. The summed E-state index contributed by atoms with van der Waals surface area (Å²) in [6, 6.07) is 15.5. The van der Waals surface area contributed by atoms with E-state index >= 15 is 0 Å². The molecule has 2 aromatic rings. The van der Waals surface area contributed by atoms with Crippen molar-refractivity contribution in [3.05, 3.63) is 60.2 Å². The van der Waals surface area contributed by atoms with Gasteiger partial charge in [-0.25, -0.2) is 4.79 Å². The van der Waals surface area contributed by atoms with Gasteiger partial charge in [-0.05, 0) is 36.4 Å². The topological polar surface area (TPSA) is 52.3 Å². The number of esters is 1. The smallest absolute Gasteiger partial charge is 0.343 e. The highest BCUT2D eigenvalue weighted by Gasteiger charge is 2.06. The van der Waals surface area contributed by atoms with Crippen LogP contribution < -0.4 is 10.5 Å². The average molecular weight is 213 g/mol. The summed E-state index contributed by atoms with van der Waals surface area (Å²) >= 11 is 0. The van der Waals surface area contributed by atoms with Crippen LogP contribution >= 0.6 is 0 Å². The van der Waals surface area contributed by atoms with Crippen molar-refractivity contribution in [1.29, 1.82) is 0 Å². The summed E-state index contributed by atoms with van der Waals surface area (Å²) in [5.41, 5.74) is 6.69. The first-order valence-corrected chi connectivity index (χ1v) is 4.88. The second-order valence-electron chi connectivity index (χ2n) is 3.32. The molecule has 0 aliphatic heterocycles. The third kappa shape index (κ3) is 2.39. The van der Waals surface area contributed by atoms with E-state index in [0.717, 1.165) is 0 Å². The maximum absolute atomic E-state index is 11.6. The lowest BCUT2D eigenvalue weighted by molar-refractivity contribution is 0.0735. The minimum absolute atomic E-state index is 0.370. The zero-order chi connectivity index (χ0) is 11.4. The van der Waals surface area contributed by atoms with Gasteiger partial charge in [0.05, 0.1) is 5.56 Å². The highest BCUT2D eigenvalue weighted by Crippen LogP contribution is 2.14. The van der Waals surface area contributed by atoms with Crippen LogP contribution in [0.15, 0.2) is 54.6 Å². The SMILES string of the molecule is Nc1ccc(OC(=O)c2ccccc2)cc1. The van der Waals surface area contributed by atoms with Gasteiger partial charge in [0.25, 0.3) is 0 Å². The molecule has 2 aromatic carbocycles. The molecule has 0 aromatic heterocycles. The molecule has 0 fully saturated rings. The summed E-state index contributed by atoms with van der Waals surface area (Å²) in [6.45, 7) is 0. The molecule has 0 saturated carbocycles. The zero-order valence-electron chi connectivity index (χ0n) is 8.59. The maximum atomic E-state index is 11.6. The average Bonchev–Trinajstić information content (AvgIpc) is 2.33. The summed E-state index contributed by atoms with van der Waals surface area (Å²) in [7, 11) is 0. The summed E-state index contributed by atoms with van der Waals surface area (Å²) in [4.78, 5) is 11.6. The van der Waals surface area contributed by atoms with Crippen molar-refractivity contribution >= 4 is 11.7 Å². The number of carbonyl (C=O) groups is 1. The van der Waals surface area contributed by atoms with Crippen LogP contribution in [0.2, 0.25) is 0 Å². The van der Waals surface area contributed by atoms with E-state index in [1.54, 1.807) is 48.5 Å². The summed E-state index contributed by atoms with van der Waals surface area (Å²) in [5.74, 6) is 0.119. The predicted molar refractivity (Wildman–Crippen MR) is 62.3 cm³/mol. The number of anilines is 1. The fourth-order valence-corrected chi connectivity index (χ4v) is 1.28. The van der Waals surface area contributed by atoms with E-state index in [2.05, 4.69) is 0 Å². The van der Waals surface area contributed by atoms with Crippen LogP contribution in [-0.2, 0) is 0 Å². The molecule has 0 heterocycles. The number of hydrogen-bond donors (Lipinski definition) is 1. The second kappa shape index (κ2) is 4.49.